The summed E-state index contributed by atoms with van der Waals surface area (Å²) < 4.78 is 0. The van der Waals surface area contributed by atoms with Crippen molar-refractivity contribution in [2.75, 3.05) is 18.5 Å². The third-order valence-electron chi connectivity index (χ3n) is 1.07. The minimum Gasteiger partial charge on any atom is -0.481 e. The standard InChI is InChI=1S/3C3H7O2P.H3P/c3*4-3(5)1-2-6;/h3*1-2,6H2,(H,4,5);1H3. The zero-order valence-electron chi connectivity index (χ0n) is 10.7. The molecule has 10 heteroatoms. The summed E-state index contributed by atoms with van der Waals surface area (Å²) in [5, 5.41) is 23.7. The summed E-state index contributed by atoms with van der Waals surface area (Å²) in [6, 6.07) is 0. The predicted octanol–water partition coefficient (Wildman–Crippen LogP) is 1.07. The van der Waals surface area contributed by atoms with Crippen molar-refractivity contribution in [3.05, 3.63) is 0 Å². The lowest BCUT2D eigenvalue weighted by Gasteiger charge is -1.79. The highest BCUT2D eigenvalue weighted by Gasteiger charge is 1.88. The van der Waals surface area contributed by atoms with Crippen molar-refractivity contribution >= 4 is 55.5 Å². The Hall–Kier alpha value is 0.130. The van der Waals surface area contributed by atoms with Gasteiger partial charge in [0.15, 0.2) is 0 Å². The fourth-order valence-electron chi connectivity index (χ4n) is 0.370. The molecule has 0 aromatic carbocycles. The van der Waals surface area contributed by atoms with E-state index >= 15 is 0 Å². The van der Waals surface area contributed by atoms with Gasteiger partial charge in [-0.05, 0) is 18.5 Å². The largest absolute Gasteiger partial charge is 0.481 e. The number of carbonyl (C=O) groups is 3. The van der Waals surface area contributed by atoms with E-state index < -0.39 is 17.9 Å². The normalized spacial score (nSPS) is 7.74. The second-order valence-electron chi connectivity index (χ2n) is 2.80. The van der Waals surface area contributed by atoms with Crippen molar-refractivity contribution in [2.24, 2.45) is 0 Å². The van der Waals surface area contributed by atoms with Crippen LogP contribution in [0.5, 0.6) is 0 Å². The van der Waals surface area contributed by atoms with E-state index in [1.54, 1.807) is 0 Å². The second-order valence-corrected chi connectivity index (χ2v) is 4.53. The van der Waals surface area contributed by atoms with E-state index in [0.29, 0.717) is 18.5 Å². The van der Waals surface area contributed by atoms with Gasteiger partial charge in [0.05, 0.1) is 0 Å². The Morgan fingerprint density at radius 3 is 0.789 bits per heavy atom. The van der Waals surface area contributed by atoms with Gasteiger partial charge >= 0.3 is 17.9 Å². The molecule has 6 nitrogen and oxygen atoms in total. The molecule has 3 N–H and O–H groups in total. The summed E-state index contributed by atoms with van der Waals surface area (Å²) in [6.07, 6.45) is 2.71. The van der Waals surface area contributed by atoms with Crippen LogP contribution in [0, 0.1) is 0 Å². The number of rotatable bonds is 6. The van der Waals surface area contributed by atoms with Gasteiger partial charge in [-0.25, -0.2) is 0 Å². The highest BCUT2D eigenvalue weighted by Crippen LogP contribution is 1.85. The first-order valence-corrected chi connectivity index (χ1v) is 7.52. The van der Waals surface area contributed by atoms with Crippen LogP contribution in [-0.2, 0) is 14.4 Å². The van der Waals surface area contributed by atoms with Gasteiger partial charge in [-0.15, -0.1) is 27.7 Å². The molecule has 0 fully saturated rings. The SMILES string of the molecule is O=C(O)CCP.O=C(O)CCP.O=C(O)CCP.P. The van der Waals surface area contributed by atoms with Crippen LogP contribution >= 0.6 is 37.6 Å². The third-order valence-corrected chi connectivity index (χ3v) is 1.94. The summed E-state index contributed by atoms with van der Waals surface area (Å²) >= 11 is 0. The van der Waals surface area contributed by atoms with E-state index in [4.69, 9.17) is 15.3 Å². The zero-order valence-corrected chi connectivity index (χ0v) is 15.6. The van der Waals surface area contributed by atoms with Crippen molar-refractivity contribution in [1.29, 1.82) is 0 Å². The Morgan fingerprint density at radius 2 is 0.789 bits per heavy atom. The van der Waals surface area contributed by atoms with E-state index in [0.717, 1.165) is 0 Å². The summed E-state index contributed by atoms with van der Waals surface area (Å²) in [6.45, 7) is 0. The van der Waals surface area contributed by atoms with Crippen molar-refractivity contribution in [3.8, 4) is 0 Å². The van der Waals surface area contributed by atoms with E-state index in [1.807, 2.05) is 0 Å². The first kappa shape index (κ1) is 27.5. The van der Waals surface area contributed by atoms with E-state index in [-0.39, 0.29) is 29.2 Å². The van der Waals surface area contributed by atoms with Gasteiger partial charge in [0, 0.05) is 19.3 Å². The number of aliphatic carboxylic acids is 3. The number of carboxylic acids is 3. The maximum absolute atomic E-state index is 9.59. The van der Waals surface area contributed by atoms with Crippen molar-refractivity contribution in [1.82, 2.24) is 0 Å². The fourth-order valence-corrected chi connectivity index (χ4v) is 1.11. The van der Waals surface area contributed by atoms with Crippen molar-refractivity contribution < 1.29 is 29.7 Å². The van der Waals surface area contributed by atoms with Crippen molar-refractivity contribution in [3.63, 3.8) is 0 Å². The molecule has 0 rings (SSSR count). The average Bonchev–Trinajstić information content (AvgIpc) is 2.18. The molecule has 0 aromatic heterocycles. The average molecular weight is 352 g/mol. The lowest BCUT2D eigenvalue weighted by atomic mass is 10.5. The molecular weight excluding hydrogens is 328 g/mol. The molecule has 0 radical (unpaired) electrons. The Morgan fingerprint density at radius 1 is 0.632 bits per heavy atom. The van der Waals surface area contributed by atoms with E-state index in [9.17, 15) is 14.4 Å². The summed E-state index contributed by atoms with van der Waals surface area (Å²) in [7, 11) is 7.03. The number of carboxylic acid groups (broad SMARTS) is 3. The highest BCUT2D eigenvalue weighted by molar-refractivity contribution is 7.16. The Balaban J connectivity index is -0.0000000865. The van der Waals surface area contributed by atoms with Crippen LogP contribution in [0.3, 0.4) is 0 Å². The third kappa shape index (κ3) is 56.6. The molecule has 0 aliphatic heterocycles. The molecular formula is C9H24O6P4. The van der Waals surface area contributed by atoms with Gasteiger partial charge in [0.2, 0.25) is 0 Å². The van der Waals surface area contributed by atoms with Crippen LogP contribution in [-0.4, -0.2) is 51.7 Å². The van der Waals surface area contributed by atoms with Crippen LogP contribution in [0.4, 0.5) is 0 Å². The second kappa shape index (κ2) is 23.2. The van der Waals surface area contributed by atoms with Crippen LogP contribution < -0.4 is 0 Å². The van der Waals surface area contributed by atoms with Gasteiger partial charge in [-0.3, -0.25) is 14.4 Å². The Bertz CT molecular complexity index is 199. The van der Waals surface area contributed by atoms with Gasteiger partial charge in [0.25, 0.3) is 0 Å². The lowest BCUT2D eigenvalue weighted by molar-refractivity contribution is -0.137. The molecule has 0 heterocycles. The zero-order chi connectivity index (χ0) is 15.0. The molecule has 0 aromatic rings. The van der Waals surface area contributed by atoms with Gasteiger partial charge < -0.3 is 15.3 Å². The highest BCUT2D eigenvalue weighted by atomic mass is 31.0. The van der Waals surface area contributed by atoms with Crippen LogP contribution in [0.15, 0.2) is 0 Å². The van der Waals surface area contributed by atoms with Gasteiger partial charge in [-0.1, -0.05) is 0 Å². The molecule has 116 valence electrons. The smallest absolute Gasteiger partial charge is 0.303 e. The van der Waals surface area contributed by atoms with Gasteiger partial charge in [-0.2, -0.15) is 9.90 Å². The molecule has 0 amide bonds. The minimum atomic E-state index is -0.731. The van der Waals surface area contributed by atoms with Crippen molar-refractivity contribution in [2.45, 2.75) is 19.3 Å². The minimum absolute atomic E-state index is 0. The molecule has 4 atom stereocenters. The Labute approximate surface area is 123 Å². The van der Waals surface area contributed by atoms with Crippen LogP contribution in [0.2, 0.25) is 0 Å². The molecule has 0 saturated heterocycles. The molecule has 4 unspecified atom stereocenters. The maximum atomic E-state index is 9.59. The predicted molar refractivity (Wildman–Crippen MR) is 91.6 cm³/mol. The summed E-state index contributed by atoms with van der Waals surface area (Å²) in [4.78, 5) is 28.8. The lowest BCUT2D eigenvalue weighted by Crippen LogP contribution is -1.92. The van der Waals surface area contributed by atoms with Crippen LogP contribution in [0.25, 0.3) is 0 Å². The fraction of sp³-hybridized carbons (Fsp3) is 0.667. The quantitative estimate of drug-likeness (QED) is 0.617. The molecule has 0 saturated carbocycles. The first-order chi connectivity index (χ1) is 8.31. The molecule has 19 heavy (non-hydrogen) atoms. The number of hydrogen-bond acceptors (Lipinski definition) is 3. The number of hydrogen-bond donors (Lipinski definition) is 3. The molecule has 0 bridgehead atoms. The Kier molecular flexibility index (Phi) is 33.6. The topological polar surface area (TPSA) is 112 Å². The van der Waals surface area contributed by atoms with Crippen LogP contribution in [0.1, 0.15) is 19.3 Å². The van der Waals surface area contributed by atoms with Gasteiger partial charge in [0.1, 0.15) is 0 Å². The first-order valence-electron chi connectivity index (χ1n) is 5.07. The summed E-state index contributed by atoms with van der Waals surface area (Å²) in [5.41, 5.74) is 0. The summed E-state index contributed by atoms with van der Waals surface area (Å²) in [5.74, 6) is -2.19. The van der Waals surface area contributed by atoms with E-state index in [1.165, 1.54) is 0 Å². The monoisotopic (exact) mass is 352 g/mol. The maximum Gasteiger partial charge on any atom is 0.303 e. The molecule has 0 aliphatic carbocycles. The van der Waals surface area contributed by atoms with E-state index in [2.05, 4.69) is 27.7 Å². The molecule has 0 aliphatic rings. The molecule has 0 spiro atoms.